The zero-order valence-corrected chi connectivity index (χ0v) is 10.1. The van der Waals surface area contributed by atoms with Gasteiger partial charge in [0.2, 0.25) is 0 Å². The smallest absolute Gasteiger partial charge is 0.416 e. The van der Waals surface area contributed by atoms with Crippen molar-refractivity contribution in [1.29, 1.82) is 0 Å². The molecule has 0 radical (unpaired) electrons. The van der Waals surface area contributed by atoms with Gasteiger partial charge in [-0.15, -0.1) is 0 Å². The van der Waals surface area contributed by atoms with Gasteiger partial charge in [-0.25, -0.2) is 0 Å². The summed E-state index contributed by atoms with van der Waals surface area (Å²) >= 11 is 0. The van der Waals surface area contributed by atoms with E-state index in [0.29, 0.717) is 6.07 Å². The van der Waals surface area contributed by atoms with E-state index in [-0.39, 0.29) is 5.75 Å². The molecule has 3 N–H and O–H groups in total. The van der Waals surface area contributed by atoms with Crippen molar-refractivity contribution in [3.63, 3.8) is 0 Å². The molecule has 1 rings (SSSR count). The van der Waals surface area contributed by atoms with Gasteiger partial charge in [-0.05, 0) is 17.7 Å². The first-order valence-electron chi connectivity index (χ1n) is 5.24. The topological polar surface area (TPSA) is 55.5 Å². The average Bonchev–Trinajstić information content (AvgIpc) is 2.34. The molecular formula is C11H11F6NO2. The highest BCUT2D eigenvalue weighted by Gasteiger charge is 2.45. The fourth-order valence-corrected chi connectivity index (χ4v) is 1.57. The zero-order valence-electron chi connectivity index (χ0n) is 10.1. The summed E-state index contributed by atoms with van der Waals surface area (Å²) in [5, 5.41) is 8.98. The Morgan fingerprint density at radius 2 is 1.70 bits per heavy atom. The van der Waals surface area contributed by atoms with Gasteiger partial charge < -0.3 is 15.6 Å². The third kappa shape index (κ3) is 3.54. The predicted molar refractivity (Wildman–Crippen MR) is 57.0 cm³/mol. The Bertz CT molecular complexity index is 471. The normalized spacial score (nSPS) is 15.8. The molecule has 2 atom stereocenters. The fourth-order valence-electron chi connectivity index (χ4n) is 1.57. The molecule has 0 spiro atoms. The van der Waals surface area contributed by atoms with Gasteiger partial charge in [0.1, 0.15) is 5.75 Å². The lowest BCUT2D eigenvalue weighted by Gasteiger charge is -2.24. The van der Waals surface area contributed by atoms with Gasteiger partial charge in [-0.2, -0.15) is 26.3 Å². The maximum absolute atomic E-state index is 12.8. The van der Waals surface area contributed by atoms with Crippen LogP contribution >= 0.6 is 0 Å². The molecular weight excluding hydrogens is 292 g/mol. The van der Waals surface area contributed by atoms with Crippen molar-refractivity contribution in [2.24, 2.45) is 5.73 Å². The van der Waals surface area contributed by atoms with Crippen LogP contribution in [0.1, 0.15) is 17.2 Å². The van der Waals surface area contributed by atoms with Crippen molar-refractivity contribution in [3.8, 4) is 5.75 Å². The molecule has 114 valence electrons. The van der Waals surface area contributed by atoms with Crippen LogP contribution in [0.15, 0.2) is 18.2 Å². The summed E-state index contributed by atoms with van der Waals surface area (Å²) in [5.41, 5.74) is 2.86. The molecule has 0 saturated heterocycles. The highest BCUT2D eigenvalue weighted by Crippen LogP contribution is 2.39. The van der Waals surface area contributed by atoms with Gasteiger partial charge in [-0.3, -0.25) is 0 Å². The van der Waals surface area contributed by atoms with Crippen LogP contribution < -0.4 is 10.5 Å². The lowest BCUT2D eigenvalue weighted by atomic mass is 9.96. The first kappa shape index (κ1) is 16.6. The molecule has 0 bridgehead atoms. The summed E-state index contributed by atoms with van der Waals surface area (Å²) in [6.45, 7) is 0. The Kier molecular flexibility index (Phi) is 4.55. The molecule has 0 heterocycles. The second kappa shape index (κ2) is 5.49. The monoisotopic (exact) mass is 303 g/mol. The van der Waals surface area contributed by atoms with Gasteiger partial charge in [0, 0.05) is 0 Å². The highest BCUT2D eigenvalue weighted by atomic mass is 19.4. The Morgan fingerprint density at radius 3 is 2.10 bits per heavy atom. The van der Waals surface area contributed by atoms with Gasteiger partial charge in [0.05, 0.1) is 18.7 Å². The van der Waals surface area contributed by atoms with Crippen LogP contribution in [0.5, 0.6) is 5.75 Å². The lowest BCUT2D eigenvalue weighted by molar-refractivity contribution is -0.211. The number of rotatable bonds is 3. The predicted octanol–water partition coefficient (Wildman–Crippen LogP) is 2.64. The van der Waals surface area contributed by atoms with Crippen molar-refractivity contribution in [3.05, 3.63) is 29.3 Å². The van der Waals surface area contributed by atoms with E-state index >= 15 is 0 Å². The molecule has 0 aliphatic rings. The van der Waals surface area contributed by atoms with Gasteiger partial charge in [-0.1, -0.05) is 6.07 Å². The number of benzene rings is 1. The first-order valence-corrected chi connectivity index (χ1v) is 5.24. The van der Waals surface area contributed by atoms with Gasteiger partial charge >= 0.3 is 12.4 Å². The molecule has 0 aliphatic heterocycles. The minimum Gasteiger partial charge on any atom is -0.497 e. The van der Waals surface area contributed by atoms with E-state index < -0.39 is 35.6 Å². The number of aliphatic hydroxyl groups excluding tert-OH is 1. The summed E-state index contributed by atoms with van der Waals surface area (Å²) in [5.74, 6) is -0.185. The largest absolute Gasteiger partial charge is 0.497 e. The maximum Gasteiger partial charge on any atom is 0.416 e. The third-order valence-corrected chi connectivity index (χ3v) is 2.60. The van der Waals surface area contributed by atoms with Crippen LogP contribution in [0, 0.1) is 0 Å². The van der Waals surface area contributed by atoms with E-state index in [1.807, 2.05) is 0 Å². The number of hydrogen-bond donors (Lipinski definition) is 2. The van der Waals surface area contributed by atoms with Gasteiger partial charge in [0.15, 0.2) is 6.10 Å². The quantitative estimate of drug-likeness (QED) is 0.844. The fraction of sp³-hybridized carbons (Fsp3) is 0.455. The molecule has 1 aromatic carbocycles. The number of nitrogens with two attached hydrogens (primary N) is 1. The van der Waals surface area contributed by atoms with Crippen LogP contribution in [0.3, 0.4) is 0 Å². The summed E-state index contributed by atoms with van der Waals surface area (Å²) < 4.78 is 80.0. The van der Waals surface area contributed by atoms with E-state index in [1.54, 1.807) is 0 Å². The number of methoxy groups -OCH3 is 1. The molecule has 0 amide bonds. The molecule has 20 heavy (non-hydrogen) atoms. The van der Waals surface area contributed by atoms with Crippen LogP contribution in [-0.2, 0) is 6.18 Å². The van der Waals surface area contributed by atoms with Crippen LogP contribution in [0.4, 0.5) is 26.3 Å². The first-order chi connectivity index (χ1) is 8.98. The van der Waals surface area contributed by atoms with Crippen molar-refractivity contribution >= 4 is 0 Å². The second-order valence-electron chi connectivity index (χ2n) is 3.96. The third-order valence-electron chi connectivity index (χ3n) is 2.60. The summed E-state index contributed by atoms with van der Waals surface area (Å²) in [4.78, 5) is 0. The minimum absolute atomic E-state index is 0.185. The Hall–Kier alpha value is -1.48. The molecule has 0 saturated carbocycles. The number of aliphatic hydroxyl groups is 1. The molecule has 0 aromatic heterocycles. The van der Waals surface area contributed by atoms with Crippen LogP contribution in [-0.4, -0.2) is 24.5 Å². The molecule has 3 nitrogen and oxygen atoms in total. The summed E-state index contributed by atoms with van der Waals surface area (Å²) in [7, 11) is 1.11. The Morgan fingerprint density at radius 1 is 1.15 bits per heavy atom. The molecule has 0 aliphatic carbocycles. The SMILES string of the molecule is COc1ccc([C@@H](N)[C@@H](O)C(F)(F)F)c(C(F)(F)F)c1. The molecule has 1 aromatic rings. The van der Waals surface area contributed by atoms with E-state index in [4.69, 9.17) is 10.8 Å². The number of hydrogen-bond acceptors (Lipinski definition) is 3. The second-order valence-corrected chi connectivity index (χ2v) is 3.96. The maximum atomic E-state index is 12.8. The highest BCUT2D eigenvalue weighted by molar-refractivity contribution is 5.39. The minimum atomic E-state index is -5.12. The van der Waals surface area contributed by atoms with Crippen LogP contribution in [0.25, 0.3) is 0 Å². The number of ether oxygens (including phenoxy) is 1. The van der Waals surface area contributed by atoms with Gasteiger partial charge in [0.25, 0.3) is 0 Å². The van der Waals surface area contributed by atoms with E-state index in [9.17, 15) is 26.3 Å². The van der Waals surface area contributed by atoms with Crippen molar-refractivity contribution in [1.82, 2.24) is 0 Å². The number of alkyl halides is 6. The summed E-state index contributed by atoms with van der Waals surface area (Å²) in [6.07, 6.45) is -13.1. The van der Waals surface area contributed by atoms with E-state index in [2.05, 4.69) is 4.74 Å². The van der Waals surface area contributed by atoms with E-state index in [0.717, 1.165) is 19.2 Å². The Labute approximate surface area is 109 Å². The standard InChI is InChI=1S/C11H11F6NO2/c1-20-5-2-3-6(7(4-5)10(12,13)14)8(18)9(19)11(15,16)17/h2-4,8-9,19H,18H2,1H3/t8-,9-/m1/s1. The average molecular weight is 303 g/mol. The molecule has 9 heteroatoms. The zero-order chi connectivity index (χ0) is 15.7. The van der Waals surface area contributed by atoms with Crippen molar-refractivity contribution < 1.29 is 36.2 Å². The van der Waals surface area contributed by atoms with Crippen LogP contribution in [0.2, 0.25) is 0 Å². The summed E-state index contributed by atoms with van der Waals surface area (Å²) in [6, 6.07) is 0.0603. The van der Waals surface area contributed by atoms with Crippen molar-refractivity contribution in [2.45, 2.75) is 24.5 Å². The van der Waals surface area contributed by atoms with E-state index in [1.165, 1.54) is 0 Å². The van der Waals surface area contributed by atoms with Crippen molar-refractivity contribution in [2.75, 3.05) is 7.11 Å². The molecule has 0 fully saturated rings. The molecule has 0 unspecified atom stereocenters. The lowest BCUT2D eigenvalue weighted by Crippen LogP contribution is -2.39. The Balaban J connectivity index is 3.31. The number of halogens is 6.